The summed E-state index contributed by atoms with van der Waals surface area (Å²) in [5, 5.41) is 12.2. The molecule has 1 aliphatic heterocycles. The van der Waals surface area contributed by atoms with Crippen molar-refractivity contribution in [2.24, 2.45) is 0 Å². The van der Waals surface area contributed by atoms with E-state index in [4.69, 9.17) is 0 Å². The van der Waals surface area contributed by atoms with Crippen LogP contribution >= 0.6 is 11.8 Å². The van der Waals surface area contributed by atoms with Gasteiger partial charge in [0, 0.05) is 24.3 Å². The SMILES string of the molecule is CSCCC(C)N(C)c1cc2c(cc1F)C(O)C(=O)N2. The summed E-state index contributed by atoms with van der Waals surface area (Å²) in [6.45, 7) is 2.04. The van der Waals surface area contributed by atoms with Gasteiger partial charge >= 0.3 is 0 Å². The lowest BCUT2D eigenvalue weighted by Gasteiger charge is -2.27. The first-order chi connectivity index (χ1) is 9.45. The smallest absolute Gasteiger partial charge is 0.257 e. The highest BCUT2D eigenvalue weighted by Crippen LogP contribution is 2.36. The van der Waals surface area contributed by atoms with Crippen LogP contribution in [0, 0.1) is 5.82 Å². The van der Waals surface area contributed by atoms with Gasteiger partial charge in [0.1, 0.15) is 5.82 Å². The summed E-state index contributed by atoms with van der Waals surface area (Å²) in [6.07, 6.45) is 1.72. The van der Waals surface area contributed by atoms with Gasteiger partial charge in [-0.25, -0.2) is 4.39 Å². The van der Waals surface area contributed by atoms with Crippen LogP contribution in [0.2, 0.25) is 0 Å². The van der Waals surface area contributed by atoms with Crippen molar-refractivity contribution in [3.8, 4) is 0 Å². The Morgan fingerprint density at radius 1 is 1.55 bits per heavy atom. The van der Waals surface area contributed by atoms with Crippen molar-refractivity contribution < 1.29 is 14.3 Å². The van der Waals surface area contributed by atoms with E-state index < -0.39 is 17.8 Å². The lowest BCUT2D eigenvalue weighted by Crippen LogP contribution is -2.30. The van der Waals surface area contributed by atoms with Crippen LogP contribution in [-0.4, -0.2) is 36.1 Å². The molecule has 0 saturated carbocycles. The summed E-state index contributed by atoms with van der Waals surface area (Å²) in [4.78, 5) is 13.3. The predicted molar refractivity (Wildman–Crippen MR) is 80.9 cm³/mol. The van der Waals surface area contributed by atoms with Gasteiger partial charge in [0.05, 0.1) is 5.69 Å². The van der Waals surface area contributed by atoms with Gasteiger partial charge in [0.15, 0.2) is 6.10 Å². The molecule has 6 heteroatoms. The molecule has 4 nitrogen and oxygen atoms in total. The first kappa shape index (κ1) is 15.1. The third kappa shape index (κ3) is 2.76. The second-order valence-corrected chi connectivity index (χ2v) is 6.01. The van der Waals surface area contributed by atoms with E-state index in [1.54, 1.807) is 17.8 Å². The highest BCUT2D eigenvalue weighted by Gasteiger charge is 2.30. The molecule has 110 valence electrons. The molecule has 0 aliphatic carbocycles. The van der Waals surface area contributed by atoms with Crippen molar-refractivity contribution >= 4 is 29.0 Å². The van der Waals surface area contributed by atoms with E-state index in [-0.39, 0.29) is 6.04 Å². The number of aliphatic hydroxyl groups is 1. The number of hydrogen-bond donors (Lipinski definition) is 2. The number of anilines is 2. The molecule has 1 heterocycles. The minimum Gasteiger partial charge on any atom is -0.378 e. The van der Waals surface area contributed by atoms with Gasteiger partial charge in [0.25, 0.3) is 5.91 Å². The Labute approximate surface area is 122 Å². The molecule has 0 saturated heterocycles. The molecule has 1 aliphatic rings. The second-order valence-electron chi connectivity index (χ2n) is 5.02. The zero-order chi connectivity index (χ0) is 14.9. The zero-order valence-corrected chi connectivity index (χ0v) is 12.6. The number of fused-ring (bicyclic) bond motifs is 1. The predicted octanol–water partition coefficient (Wildman–Crippen LogP) is 2.39. The summed E-state index contributed by atoms with van der Waals surface area (Å²) in [5.41, 5.74) is 1.23. The maximum absolute atomic E-state index is 14.2. The molecule has 1 aromatic rings. The van der Waals surface area contributed by atoms with E-state index in [9.17, 15) is 14.3 Å². The topological polar surface area (TPSA) is 52.6 Å². The fourth-order valence-corrected chi connectivity index (χ4v) is 2.82. The Morgan fingerprint density at radius 3 is 2.90 bits per heavy atom. The summed E-state index contributed by atoms with van der Waals surface area (Å²) in [5.74, 6) is 0.0838. The average Bonchev–Trinajstić information content (AvgIpc) is 2.70. The van der Waals surface area contributed by atoms with Crippen LogP contribution in [0.3, 0.4) is 0 Å². The minimum absolute atomic E-state index is 0.192. The number of aliphatic hydroxyl groups excluding tert-OH is 1. The quantitative estimate of drug-likeness (QED) is 0.876. The first-order valence-corrected chi connectivity index (χ1v) is 7.89. The summed E-state index contributed by atoms with van der Waals surface area (Å²) in [7, 11) is 1.84. The molecule has 0 bridgehead atoms. The van der Waals surface area contributed by atoms with Crippen LogP contribution in [0.1, 0.15) is 25.0 Å². The van der Waals surface area contributed by atoms with Crippen LogP contribution < -0.4 is 10.2 Å². The van der Waals surface area contributed by atoms with Gasteiger partial charge in [-0.05, 0) is 37.5 Å². The van der Waals surface area contributed by atoms with Gasteiger partial charge in [-0.2, -0.15) is 11.8 Å². The van der Waals surface area contributed by atoms with E-state index >= 15 is 0 Å². The number of rotatable bonds is 5. The van der Waals surface area contributed by atoms with E-state index in [1.807, 2.05) is 25.1 Å². The van der Waals surface area contributed by atoms with Crippen LogP contribution in [-0.2, 0) is 4.79 Å². The van der Waals surface area contributed by atoms with Crippen molar-refractivity contribution in [2.75, 3.05) is 29.3 Å². The fourth-order valence-electron chi connectivity index (χ4n) is 2.24. The molecule has 0 radical (unpaired) electrons. The van der Waals surface area contributed by atoms with Gasteiger partial charge in [-0.3, -0.25) is 4.79 Å². The molecule has 1 aromatic carbocycles. The number of carbonyl (C=O) groups is 1. The molecule has 2 N–H and O–H groups in total. The van der Waals surface area contributed by atoms with Crippen LogP contribution in [0.15, 0.2) is 12.1 Å². The number of nitrogens with zero attached hydrogens (tertiary/aromatic N) is 1. The largest absolute Gasteiger partial charge is 0.378 e. The number of hydrogen-bond acceptors (Lipinski definition) is 4. The van der Waals surface area contributed by atoms with Crippen LogP contribution in [0.25, 0.3) is 0 Å². The molecule has 1 amide bonds. The normalized spacial score (nSPS) is 18.6. The monoisotopic (exact) mass is 298 g/mol. The number of thioether (sulfide) groups is 1. The summed E-state index contributed by atoms with van der Waals surface area (Å²) < 4.78 is 14.2. The molecular formula is C14H19FN2O2S. The average molecular weight is 298 g/mol. The van der Waals surface area contributed by atoms with Gasteiger partial charge in [0.2, 0.25) is 0 Å². The lowest BCUT2D eigenvalue weighted by molar-refractivity contribution is -0.123. The summed E-state index contributed by atoms with van der Waals surface area (Å²) in [6, 6.07) is 3.02. The van der Waals surface area contributed by atoms with Crippen molar-refractivity contribution in [3.63, 3.8) is 0 Å². The van der Waals surface area contributed by atoms with E-state index in [0.717, 1.165) is 12.2 Å². The molecule has 0 fully saturated rings. The molecule has 2 unspecified atom stereocenters. The highest BCUT2D eigenvalue weighted by atomic mass is 32.2. The molecule has 2 atom stereocenters. The number of amides is 1. The summed E-state index contributed by atoms with van der Waals surface area (Å²) >= 11 is 1.76. The third-order valence-electron chi connectivity index (χ3n) is 3.70. The first-order valence-electron chi connectivity index (χ1n) is 6.49. The Morgan fingerprint density at radius 2 is 2.25 bits per heavy atom. The molecule has 20 heavy (non-hydrogen) atoms. The van der Waals surface area contributed by atoms with Gasteiger partial charge < -0.3 is 15.3 Å². The number of benzene rings is 1. The maximum Gasteiger partial charge on any atom is 0.257 e. The Hall–Kier alpha value is -1.27. The van der Waals surface area contributed by atoms with E-state index in [1.165, 1.54) is 6.07 Å². The zero-order valence-electron chi connectivity index (χ0n) is 11.8. The highest BCUT2D eigenvalue weighted by molar-refractivity contribution is 7.98. The Bertz CT molecular complexity index is 524. The fraction of sp³-hybridized carbons (Fsp3) is 0.500. The molecule has 0 aromatic heterocycles. The van der Waals surface area contributed by atoms with Crippen molar-refractivity contribution in [1.82, 2.24) is 0 Å². The number of carbonyl (C=O) groups excluding carboxylic acids is 1. The Balaban J connectivity index is 2.26. The van der Waals surface area contributed by atoms with Crippen LogP contribution in [0.4, 0.5) is 15.8 Å². The lowest BCUT2D eigenvalue weighted by atomic mass is 10.1. The maximum atomic E-state index is 14.2. The second kappa shape index (κ2) is 6.01. The van der Waals surface area contributed by atoms with Crippen molar-refractivity contribution in [3.05, 3.63) is 23.5 Å². The van der Waals surface area contributed by atoms with E-state index in [2.05, 4.69) is 5.32 Å². The minimum atomic E-state index is -1.27. The van der Waals surface area contributed by atoms with Gasteiger partial charge in [-0.15, -0.1) is 0 Å². The number of halogens is 1. The van der Waals surface area contributed by atoms with Crippen molar-refractivity contribution in [1.29, 1.82) is 0 Å². The van der Waals surface area contributed by atoms with Crippen molar-refractivity contribution in [2.45, 2.75) is 25.5 Å². The standard InChI is InChI=1S/C14H19FN2O2S/c1-8(4-5-20-3)17(2)12-7-11-9(6-10(12)15)13(18)14(19)16-11/h6-8,13,18H,4-5H2,1-3H3,(H,16,19). The molecule has 2 rings (SSSR count). The number of nitrogens with one attached hydrogen (secondary N) is 1. The van der Waals surface area contributed by atoms with Gasteiger partial charge in [-0.1, -0.05) is 0 Å². The molecule has 0 spiro atoms. The van der Waals surface area contributed by atoms with Crippen LogP contribution in [0.5, 0.6) is 0 Å². The Kier molecular flexibility index (Phi) is 4.55. The molecular weight excluding hydrogens is 279 g/mol. The van der Waals surface area contributed by atoms with E-state index in [0.29, 0.717) is 16.9 Å². The third-order valence-corrected chi connectivity index (χ3v) is 4.34.